The van der Waals surface area contributed by atoms with Gasteiger partial charge in [-0.25, -0.2) is 0 Å². The summed E-state index contributed by atoms with van der Waals surface area (Å²) in [6.45, 7) is 12.6. The highest BCUT2D eigenvalue weighted by Crippen LogP contribution is 2.14. The van der Waals surface area contributed by atoms with E-state index in [9.17, 15) is 0 Å². The Balaban J connectivity index is 0.00000441. The molecule has 1 fully saturated rings. The normalized spacial score (nSPS) is 16.5. The highest BCUT2D eigenvalue weighted by atomic mass is 127. The zero-order valence-electron chi connectivity index (χ0n) is 14.4. The van der Waals surface area contributed by atoms with E-state index in [4.69, 9.17) is 9.47 Å². The van der Waals surface area contributed by atoms with Gasteiger partial charge in [0.05, 0.1) is 0 Å². The maximum atomic E-state index is 5.76. The minimum absolute atomic E-state index is 0. The van der Waals surface area contributed by atoms with Gasteiger partial charge in [0.25, 0.3) is 0 Å². The Morgan fingerprint density at radius 1 is 1.27 bits per heavy atom. The zero-order valence-corrected chi connectivity index (χ0v) is 16.7. The van der Waals surface area contributed by atoms with Crippen LogP contribution in [0.1, 0.15) is 40.0 Å². The molecule has 0 unspecified atom stereocenters. The van der Waals surface area contributed by atoms with Crippen LogP contribution in [0.2, 0.25) is 0 Å². The maximum absolute atomic E-state index is 5.76. The van der Waals surface area contributed by atoms with Gasteiger partial charge >= 0.3 is 0 Å². The van der Waals surface area contributed by atoms with Gasteiger partial charge in [0.1, 0.15) is 0 Å². The number of halogens is 1. The first-order valence-corrected chi connectivity index (χ1v) is 8.40. The van der Waals surface area contributed by atoms with Gasteiger partial charge in [0, 0.05) is 46.1 Å². The predicted molar refractivity (Wildman–Crippen MR) is 103 cm³/mol. The Morgan fingerprint density at radius 2 is 2.00 bits per heavy atom. The number of hydrogen-bond donors (Lipinski definition) is 2. The first kappa shape index (κ1) is 21.9. The molecule has 0 aromatic rings. The smallest absolute Gasteiger partial charge is 0.191 e. The number of nitrogens with zero attached hydrogens (tertiary/aromatic N) is 1. The molecule has 1 aliphatic rings. The van der Waals surface area contributed by atoms with Crippen LogP contribution in [-0.2, 0) is 9.47 Å². The Bertz CT molecular complexity index is 283. The van der Waals surface area contributed by atoms with E-state index in [1.54, 1.807) is 0 Å². The molecule has 6 heteroatoms. The Hall–Kier alpha value is -0.0800. The fourth-order valence-corrected chi connectivity index (χ4v) is 2.16. The molecule has 1 heterocycles. The van der Waals surface area contributed by atoms with E-state index >= 15 is 0 Å². The largest absolute Gasteiger partial charge is 0.381 e. The van der Waals surface area contributed by atoms with E-state index in [-0.39, 0.29) is 24.0 Å². The van der Waals surface area contributed by atoms with Crippen LogP contribution in [-0.4, -0.2) is 52.0 Å². The molecular weight excluding hydrogens is 393 g/mol. The molecule has 1 rings (SSSR count). The lowest BCUT2D eigenvalue weighted by atomic mass is 10.0. The van der Waals surface area contributed by atoms with E-state index in [1.165, 1.54) is 0 Å². The molecule has 22 heavy (non-hydrogen) atoms. The number of aliphatic imine (C=N–C) groups is 1. The van der Waals surface area contributed by atoms with Crippen LogP contribution in [0.25, 0.3) is 0 Å². The van der Waals surface area contributed by atoms with Crippen LogP contribution in [0.4, 0.5) is 0 Å². The van der Waals surface area contributed by atoms with Crippen LogP contribution in [0.5, 0.6) is 0 Å². The first-order valence-electron chi connectivity index (χ1n) is 8.40. The van der Waals surface area contributed by atoms with Crippen LogP contribution in [0, 0.1) is 11.8 Å². The van der Waals surface area contributed by atoms with Gasteiger partial charge in [-0.15, -0.1) is 24.0 Å². The van der Waals surface area contributed by atoms with Crippen LogP contribution in [0.3, 0.4) is 0 Å². The van der Waals surface area contributed by atoms with Crippen molar-refractivity contribution in [1.29, 1.82) is 0 Å². The van der Waals surface area contributed by atoms with Crippen molar-refractivity contribution in [2.45, 2.75) is 40.0 Å². The minimum Gasteiger partial charge on any atom is -0.381 e. The summed E-state index contributed by atoms with van der Waals surface area (Å²) in [6.07, 6.45) is 3.30. The second-order valence-electron chi connectivity index (χ2n) is 6.02. The third kappa shape index (κ3) is 11.5. The van der Waals surface area contributed by atoms with Crippen molar-refractivity contribution in [3.8, 4) is 0 Å². The highest BCUT2D eigenvalue weighted by Gasteiger charge is 2.13. The predicted octanol–water partition coefficient (Wildman–Crippen LogP) is 2.65. The minimum atomic E-state index is 0. The van der Waals surface area contributed by atoms with Crippen LogP contribution < -0.4 is 10.6 Å². The van der Waals surface area contributed by atoms with Gasteiger partial charge in [-0.05, 0) is 38.0 Å². The Labute approximate surface area is 153 Å². The molecule has 0 aliphatic carbocycles. The number of guanidine groups is 1. The van der Waals surface area contributed by atoms with Gasteiger partial charge in [0.15, 0.2) is 5.96 Å². The van der Waals surface area contributed by atoms with Gasteiger partial charge in [-0.3, -0.25) is 4.99 Å². The van der Waals surface area contributed by atoms with Crippen molar-refractivity contribution < 1.29 is 9.47 Å². The topological polar surface area (TPSA) is 54.9 Å². The molecule has 0 amide bonds. The summed E-state index contributed by atoms with van der Waals surface area (Å²) in [5.74, 6) is 2.19. The van der Waals surface area contributed by atoms with Crippen molar-refractivity contribution in [2.75, 3.05) is 46.1 Å². The second kappa shape index (κ2) is 14.5. The van der Waals surface area contributed by atoms with Crippen LogP contribution >= 0.6 is 24.0 Å². The molecule has 0 aromatic carbocycles. The SMILES string of the molecule is CCNC(=NCC(C)C)NCCCOCC1CCOCC1.I. The molecule has 0 saturated carbocycles. The number of hydrogen-bond acceptors (Lipinski definition) is 3. The molecule has 1 saturated heterocycles. The van der Waals surface area contributed by atoms with Crippen molar-refractivity contribution in [1.82, 2.24) is 10.6 Å². The lowest BCUT2D eigenvalue weighted by molar-refractivity contribution is 0.0203. The van der Waals surface area contributed by atoms with E-state index in [0.717, 1.165) is 71.3 Å². The van der Waals surface area contributed by atoms with Gasteiger partial charge in [-0.1, -0.05) is 13.8 Å². The number of rotatable bonds is 9. The average Bonchev–Trinajstić information content (AvgIpc) is 2.49. The lowest BCUT2D eigenvalue weighted by Gasteiger charge is -2.21. The number of ether oxygens (including phenoxy) is 2. The molecule has 1 aliphatic heterocycles. The van der Waals surface area contributed by atoms with Gasteiger partial charge in [-0.2, -0.15) is 0 Å². The summed E-state index contributed by atoms with van der Waals surface area (Å²) >= 11 is 0. The van der Waals surface area contributed by atoms with Crippen molar-refractivity contribution >= 4 is 29.9 Å². The summed E-state index contributed by atoms with van der Waals surface area (Å²) in [4.78, 5) is 4.54. The van der Waals surface area contributed by atoms with Crippen molar-refractivity contribution in [3.05, 3.63) is 0 Å². The van der Waals surface area contributed by atoms with Gasteiger partial charge < -0.3 is 20.1 Å². The van der Waals surface area contributed by atoms with Crippen molar-refractivity contribution in [3.63, 3.8) is 0 Å². The number of nitrogens with one attached hydrogen (secondary N) is 2. The Kier molecular flexibility index (Phi) is 14.5. The van der Waals surface area contributed by atoms with E-state index < -0.39 is 0 Å². The van der Waals surface area contributed by atoms with Gasteiger partial charge in [0.2, 0.25) is 0 Å². The third-order valence-electron chi connectivity index (χ3n) is 3.41. The first-order chi connectivity index (χ1) is 10.2. The van der Waals surface area contributed by atoms with E-state index in [1.807, 2.05) is 0 Å². The molecule has 0 spiro atoms. The fourth-order valence-electron chi connectivity index (χ4n) is 2.16. The molecule has 2 N–H and O–H groups in total. The molecule has 132 valence electrons. The second-order valence-corrected chi connectivity index (χ2v) is 6.02. The third-order valence-corrected chi connectivity index (χ3v) is 3.41. The van der Waals surface area contributed by atoms with Crippen LogP contribution in [0.15, 0.2) is 4.99 Å². The lowest BCUT2D eigenvalue weighted by Crippen LogP contribution is -2.38. The highest BCUT2D eigenvalue weighted by molar-refractivity contribution is 14.0. The fraction of sp³-hybridized carbons (Fsp3) is 0.938. The van der Waals surface area contributed by atoms with E-state index in [2.05, 4.69) is 36.4 Å². The molecule has 0 bridgehead atoms. The van der Waals surface area contributed by atoms with Crippen molar-refractivity contribution in [2.24, 2.45) is 16.8 Å². The summed E-state index contributed by atoms with van der Waals surface area (Å²) in [5.41, 5.74) is 0. The standard InChI is InChI=1S/C16H33N3O2.HI/c1-4-17-16(19-12-14(2)3)18-8-5-9-21-13-15-6-10-20-11-7-15;/h14-15H,4-13H2,1-3H3,(H2,17,18,19);1H. The van der Waals surface area contributed by atoms with E-state index in [0.29, 0.717) is 11.8 Å². The summed E-state index contributed by atoms with van der Waals surface area (Å²) < 4.78 is 11.1. The monoisotopic (exact) mass is 427 g/mol. The zero-order chi connectivity index (χ0) is 15.3. The summed E-state index contributed by atoms with van der Waals surface area (Å²) in [6, 6.07) is 0. The molecule has 5 nitrogen and oxygen atoms in total. The summed E-state index contributed by atoms with van der Waals surface area (Å²) in [5, 5.41) is 6.62. The Morgan fingerprint density at radius 3 is 2.64 bits per heavy atom. The molecule has 0 atom stereocenters. The quantitative estimate of drug-likeness (QED) is 0.257. The summed E-state index contributed by atoms with van der Waals surface area (Å²) in [7, 11) is 0. The molecular formula is C16H34IN3O2. The maximum Gasteiger partial charge on any atom is 0.191 e. The average molecular weight is 427 g/mol. The molecule has 0 aromatic heterocycles. The molecule has 0 radical (unpaired) electrons.